The van der Waals surface area contributed by atoms with Gasteiger partial charge in [0.1, 0.15) is 17.2 Å². The Kier molecular flexibility index (Phi) is 5.75. The Labute approximate surface area is 155 Å². The van der Waals surface area contributed by atoms with Crippen LogP contribution in [0.2, 0.25) is 0 Å². The summed E-state index contributed by atoms with van der Waals surface area (Å²) in [6.07, 6.45) is 0. The first-order valence-electron chi connectivity index (χ1n) is 8.07. The van der Waals surface area contributed by atoms with Gasteiger partial charge in [-0.1, -0.05) is 6.07 Å². The summed E-state index contributed by atoms with van der Waals surface area (Å²) in [5.41, 5.74) is 2.39. The summed E-state index contributed by atoms with van der Waals surface area (Å²) in [7, 11) is 2.95. The molecule has 2 amide bonds. The number of nitrogens with zero attached hydrogens (tertiary/aromatic N) is 1. The van der Waals surface area contributed by atoms with Gasteiger partial charge in [0, 0.05) is 12.7 Å². The molecule has 0 unspecified atom stereocenters. The normalized spacial score (nSPS) is 13.4. The van der Waals surface area contributed by atoms with Crippen LogP contribution in [-0.2, 0) is 22.6 Å². The van der Waals surface area contributed by atoms with E-state index in [4.69, 9.17) is 14.2 Å². The lowest BCUT2D eigenvalue weighted by atomic mass is 10.1. The van der Waals surface area contributed by atoms with Crippen molar-refractivity contribution in [3.63, 3.8) is 0 Å². The zero-order valence-corrected chi connectivity index (χ0v) is 15.4. The highest BCUT2D eigenvalue weighted by atomic mass is 32.1. The average molecular weight is 376 g/mol. The third kappa shape index (κ3) is 3.97. The molecule has 1 aliphatic heterocycles. The van der Waals surface area contributed by atoms with E-state index in [1.54, 1.807) is 23.5 Å². The molecule has 0 bridgehead atoms. The third-order valence-corrected chi connectivity index (χ3v) is 4.88. The number of methoxy groups -OCH3 is 2. The van der Waals surface area contributed by atoms with Crippen molar-refractivity contribution >= 4 is 29.0 Å². The maximum Gasteiger partial charge on any atom is 0.350 e. The van der Waals surface area contributed by atoms with E-state index in [2.05, 4.69) is 5.32 Å². The van der Waals surface area contributed by atoms with Gasteiger partial charge >= 0.3 is 12.0 Å². The summed E-state index contributed by atoms with van der Waals surface area (Å²) in [6, 6.07) is 7.23. The molecule has 0 fully saturated rings. The van der Waals surface area contributed by atoms with Gasteiger partial charge in [0.2, 0.25) is 0 Å². The van der Waals surface area contributed by atoms with Crippen molar-refractivity contribution in [2.75, 3.05) is 32.7 Å². The van der Waals surface area contributed by atoms with Gasteiger partial charge < -0.3 is 24.4 Å². The Morgan fingerprint density at radius 1 is 1.31 bits per heavy atom. The molecular weight excluding hydrogens is 356 g/mol. The molecule has 138 valence electrons. The Morgan fingerprint density at radius 3 is 2.92 bits per heavy atom. The van der Waals surface area contributed by atoms with E-state index >= 15 is 0 Å². The number of urea groups is 1. The number of fused-ring (bicyclic) bond motifs is 1. The Balaban J connectivity index is 1.75. The minimum Gasteiger partial charge on any atom is -0.491 e. The van der Waals surface area contributed by atoms with Gasteiger partial charge in [-0.3, -0.25) is 0 Å². The lowest BCUT2D eigenvalue weighted by Crippen LogP contribution is -2.36. The molecule has 8 heteroatoms. The van der Waals surface area contributed by atoms with Crippen molar-refractivity contribution in [3.8, 4) is 5.75 Å². The fraction of sp³-hybridized carbons (Fsp3) is 0.333. The van der Waals surface area contributed by atoms with Crippen LogP contribution in [0.25, 0.3) is 0 Å². The highest BCUT2D eigenvalue weighted by Crippen LogP contribution is 2.27. The molecule has 0 radical (unpaired) electrons. The molecule has 26 heavy (non-hydrogen) atoms. The number of nitrogens with one attached hydrogen (secondary N) is 1. The highest BCUT2D eigenvalue weighted by molar-refractivity contribution is 7.12. The smallest absolute Gasteiger partial charge is 0.350 e. The van der Waals surface area contributed by atoms with Crippen LogP contribution >= 0.6 is 11.3 Å². The molecule has 0 saturated heterocycles. The quantitative estimate of drug-likeness (QED) is 0.830. The van der Waals surface area contributed by atoms with Crippen LogP contribution in [0.3, 0.4) is 0 Å². The van der Waals surface area contributed by atoms with Gasteiger partial charge in [-0.2, -0.15) is 0 Å². The molecule has 1 aliphatic rings. The van der Waals surface area contributed by atoms with Gasteiger partial charge in [0.25, 0.3) is 0 Å². The van der Waals surface area contributed by atoms with Crippen molar-refractivity contribution in [1.82, 2.24) is 4.90 Å². The second-order valence-corrected chi connectivity index (χ2v) is 6.65. The number of carbonyl (C=O) groups is 2. The SMILES string of the molecule is COCc1ccc2c(c1)CN(C(=O)Nc1ccsc1C(=O)OC)CCO2. The van der Waals surface area contributed by atoms with Crippen LogP contribution in [0.4, 0.5) is 10.5 Å². The Hall–Kier alpha value is -2.58. The number of esters is 1. The molecule has 0 atom stereocenters. The molecule has 0 saturated carbocycles. The Bertz CT molecular complexity index is 805. The average Bonchev–Trinajstić information content (AvgIpc) is 2.99. The number of amides is 2. The van der Waals surface area contributed by atoms with E-state index < -0.39 is 5.97 Å². The highest BCUT2D eigenvalue weighted by Gasteiger charge is 2.22. The summed E-state index contributed by atoms with van der Waals surface area (Å²) in [5.74, 6) is 0.301. The first kappa shape index (κ1) is 18.2. The van der Waals surface area contributed by atoms with Gasteiger partial charge in [-0.15, -0.1) is 11.3 Å². The fourth-order valence-electron chi connectivity index (χ4n) is 2.73. The number of rotatable bonds is 4. The van der Waals surface area contributed by atoms with Crippen molar-refractivity contribution in [2.24, 2.45) is 0 Å². The van der Waals surface area contributed by atoms with Gasteiger partial charge in [-0.25, -0.2) is 9.59 Å². The van der Waals surface area contributed by atoms with E-state index in [0.717, 1.165) is 16.9 Å². The summed E-state index contributed by atoms with van der Waals surface area (Å²) < 4.78 is 15.6. The van der Waals surface area contributed by atoms with Crippen molar-refractivity contribution in [3.05, 3.63) is 45.6 Å². The summed E-state index contributed by atoms with van der Waals surface area (Å²) in [5, 5.41) is 4.53. The first-order valence-corrected chi connectivity index (χ1v) is 8.95. The molecule has 1 aromatic heterocycles. The van der Waals surface area contributed by atoms with Gasteiger partial charge in [-0.05, 0) is 29.1 Å². The van der Waals surface area contributed by atoms with E-state index in [-0.39, 0.29) is 6.03 Å². The van der Waals surface area contributed by atoms with E-state index in [0.29, 0.717) is 36.9 Å². The minimum absolute atomic E-state index is 0.290. The van der Waals surface area contributed by atoms with Gasteiger partial charge in [0.05, 0.1) is 32.5 Å². The third-order valence-electron chi connectivity index (χ3n) is 3.98. The number of hydrogen-bond acceptors (Lipinski definition) is 6. The van der Waals surface area contributed by atoms with Crippen LogP contribution < -0.4 is 10.1 Å². The summed E-state index contributed by atoms with van der Waals surface area (Å²) in [4.78, 5) is 26.5. The number of hydrogen-bond donors (Lipinski definition) is 1. The molecule has 7 nitrogen and oxygen atoms in total. The second-order valence-electron chi connectivity index (χ2n) is 5.73. The lowest BCUT2D eigenvalue weighted by molar-refractivity contribution is 0.0607. The van der Waals surface area contributed by atoms with Crippen LogP contribution in [0.15, 0.2) is 29.6 Å². The largest absolute Gasteiger partial charge is 0.491 e. The lowest BCUT2D eigenvalue weighted by Gasteiger charge is -2.20. The molecule has 0 spiro atoms. The topological polar surface area (TPSA) is 77.1 Å². The van der Waals surface area contributed by atoms with E-state index in [1.165, 1.54) is 18.4 Å². The van der Waals surface area contributed by atoms with Crippen molar-refractivity contribution in [1.29, 1.82) is 0 Å². The molecule has 1 aromatic carbocycles. The molecule has 2 aromatic rings. The predicted octanol–water partition coefficient (Wildman–Crippen LogP) is 3.11. The number of carbonyl (C=O) groups excluding carboxylic acids is 2. The molecule has 2 heterocycles. The van der Waals surface area contributed by atoms with Crippen molar-refractivity contribution in [2.45, 2.75) is 13.2 Å². The minimum atomic E-state index is -0.468. The van der Waals surface area contributed by atoms with E-state index in [9.17, 15) is 9.59 Å². The molecular formula is C18H20N2O5S. The molecule has 1 N–H and O–H groups in total. The fourth-order valence-corrected chi connectivity index (χ4v) is 3.50. The summed E-state index contributed by atoms with van der Waals surface area (Å²) in [6.45, 7) is 1.75. The maximum atomic E-state index is 12.7. The number of anilines is 1. The van der Waals surface area contributed by atoms with Crippen LogP contribution in [0, 0.1) is 0 Å². The maximum absolute atomic E-state index is 12.7. The standard InChI is InChI=1S/C18H20N2O5S/c1-23-11-12-3-4-15-13(9-12)10-20(6-7-25-15)18(22)19-14-5-8-26-16(14)17(21)24-2/h3-5,8-9H,6-7,10-11H2,1-2H3,(H,19,22). The van der Waals surface area contributed by atoms with Crippen LogP contribution in [0.5, 0.6) is 5.75 Å². The number of benzene rings is 1. The van der Waals surface area contributed by atoms with Crippen molar-refractivity contribution < 1.29 is 23.8 Å². The zero-order valence-electron chi connectivity index (χ0n) is 14.6. The molecule has 3 rings (SSSR count). The first-order chi connectivity index (χ1) is 12.6. The predicted molar refractivity (Wildman–Crippen MR) is 97.7 cm³/mol. The van der Waals surface area contributed by atoms with E-state index in [1.807, 2.05) is 18.2 Å². The van der Waals surface area contributed by atoms with Crippen LogP contribution in [-0.4, -0.2) is 44.3 Å². The van der Waals surface area contributed by atoms with Gasteiger partial charge in [0.15, 0.2) is 0 Å². The number of thiophene rings is 1. The Morgan fingerprint density at radius 2 is 2.15 bits per heavy atom. The summed E-state index contributed by atoms with van der Waals surface area (Å²) >= 11 is 1.22. The van der Waals surface area contributed by atoms with Crippen LogP contribution in [0.1, 0.15) is 20.8 Å². The zero-order chi connectivity index (χ0) is 18.5. The second kappa shape index (κ2) is 8.20. The monoisotopic (exact) mass is 376 g/mol. The number of ether oxygens (including phenoxy) is 3. The molecule has 0 aliphatic carbocycles.